The van der Waals surface area contributed by atoms with Crippen LogP contribution in [0.5, 0.6) is 5.75 Å². The van der Waals surface area contributed by atoms with E-state index in [1.807, 2.05) is 60.7 Å². The van der Waals surface area contributed by atoms with E-state index < -0.39 is 0 Å². The van der Waals surface area contributed by atoms with Crippen LogP contribution in [0.3, 0.4) is 0 Å². The van der Waals surface area contributed by atoms with Crippen molar-refractivity contribution >= 4 is 16.8 Å². The molecule has 4 aromatic rings. The highest BCUT2D eigenvalue weighted by Crippen LogP contribution is 2.41. The van der Waals surface area contributed by atoms with Crippen LogP contribution in [-0.4, -0.2) is 22.2 Å². The molecule has 5 nitrogen and oxygen atoms in total. The number of nitrogens with zero attached hydrogens (tertiary/aromatic N) is 1. The van der Waals surface area contributed by atoms with Gasteiger partial charge in [0.1, 0.15) is 5.75 Å². The van der Waals surface area contributed by atoms with Gasteiger partial charge in [-0.2, -0.15) is 5.10 Å². The summed E-state index contributed by atoms with van der Waals surface area (Å²) in [5.41, 5.74) is 4.54. The summed E-state index contributed by atoms with van der Waals surface area (Å²) < 4.78 is 6.04. The maximum atomic E-state index is 13.2. The molecule has 5 heteroatoms. The zero-order valence-corrected chi connectivity index (χ0v) is 19.8. The van der Waals surface area contributed by atoms with Crippen molar-refractivity contribution in [2.24, 2.45) is 5.92 Å². The average molecular weight is 454 g/mol. The number of rotatable bonds is 9. The van der Waals surface area contributed by atoms with Crippen molar-refractivity contribution in [2.75, 3.05) is 0 Å². The molecule has 2 N–H and O–H groups in total. The Morgan fingerprint density at radius 3 is 2.44 bits per heavy atom. The Bertz CT molecular complexity index is 1260. The summed E-state index contributed by atoms with van der Waals surface area (Å²) in [6, 6.07) is 24.1. The van der Waals surface area contributed by atoms with Crippen molar-refractivity contribution in [3.8, 4) is 17.0 Å². The summed E-state index contributed by atoms with van der Waals surface area (Å²) in [7, 11) is 0. The maximum Gasteiger partial charge on any atom is 0.251 e. The SMILES string of the molecule is CCC(CC)Oc1ccc(-c2n[nH]c3ccc(C(=O)NC(c4ccccc4)C4CC4)cc23)cc1. The highest BCUT2D eigenvalue weighted by Gasteiger charge is 2.33. The smallest absolute Gasteiger partial charge is 0.251 e. The quantitative estimate of drug-likeness (QED) is 0.297. The lowest BCUT2D eigenvalue weighted by atomic mass is 10.0. The van der Waals surface area contributed by atoms with Gasteiger partial charge in [-0.15, -0.1) is 0 Å². The lowest BCUT2D eigenvalue weighted by molar-refractivity contribution is 0.0932. The molecule has 174 valence electrons. The normalized spacial score (nSPS) is 14.3. The number of fused-ring (bicyclic) bond motifs is 1. The van der Waals surface area contributed by atoms with Gasteiger partial charge in [0, 0.05) is 16.5 Å². The predicted molar refractivity (Wildman–Crippen MR) is 136 cm³/mol. The molecule has 1 atom stereocenters. The molecule has 1 fully saturated rings. The van der Waals surface area contributed by atoms with Gasteiger partial charge in [0.25, 0.3) is 5.91 Å². The first-order valence-electron chi connectivity index (χ1n) is 12.3. The van der Waals surface area contributed by atoms with Gasteiger partial charge in [0.05, 0.1) is 23.4 Å². The number of carbonyl (C=O) groups is 1. The molecule has 1 aliphatic carbocycles. The Morgan fingerprint density at radius 1 is 1.03 bits per heavy atom. The van der Waals surface area contributed by atoms with Gasteiger partial charge in [-0.05, 0) is 79.6 Å². The van der Waals surface area contributed by atoms with Gasteiger partial charge >= 0.3 is 0 Å². The number of aromatic nitrogens is 2. The molecule has 5 rings (SSSR count). The molecule has 0 saturated heterocycles. The third-order valence-electron chi connectivity index (χ3n) is 6.70. The van der Waals surface area contributed by atoms with Crippen molar-refractivity contribution in [3.63, 3.8) is 0 Å². The van der Waals surface area contributed by atoms with Crippen LogP contribution in [0.25, 0.3) is 22.2 Å². The fraction of sp³-hybridized carbons (Fsp3) is 0.310. The van der Waals surface area contributed by atoms with E-state index in [4.69, 9.17) is 4.74 Å². The number of aromatic amines is 1. The van der Waals surface area contributed by atoms with Gasteiger partial charge in [0.15, 0.2) is 0 Å². The first-order valence-corrected chi connectivity index (χ1v) is 12.3. The van der Waals surface area contributed by atoms with Gasteiger partial charge in [0.2, 0.25) is 0 Å². The second kappa shape index (κ2) is 9.72. The molecule has 0 aliphatic heterocycles. The number of hydrogen-bond acceptors (Lipinski definition) is 3. The van der Waals surface area contributed by atoms with Crippen LogP contribution in [-0.2, 0) is 0 Å². The first kappa shape index (κ1) is 22.2. The number of benzene rings is 3. The predicted octanol–water partition coefficient (Wildman–Crippen LogP) is 6.68. The van der Waals surface area contributed by atoms with Crippen molar-refractivity contribution in [1.29, 1.82) is 0 Å². The van der Waals surface area contributed by atoms with Crippen LogP contribution in [0.4, 0.5) is 0 Å². The van der Waals surface area contributed by atoms with Crippen molar-refractivity contribution in [2.45, 2.75) is 51.7 Å². The van der Waals surface area contributed by atoms with Crippen molar-refractivity contribution in [1.82, 2.24) is 15.5 Å². The Morgan fingerprint density at radius 2 is 1.76 bits per heavy atom. The van der Waals surface area contributed by atoms with Gasteiger partial charge < -0.3 is 10.1 Å². The lowest BCUT2D eigenvalue weighted by Crippen LogP contribution is -2.29. The summed E-state index contributed by atoms with van der Waals surface area (Å²) in [6.45, 7) is 4.28. The Labute approximate surface area is 200 Å². The van der Waals surface area contributed by atoms with E-state index in [-0.39, 0.29) is 18.1 Å². The summed E-state index contributed by atoms with van der Waals surface area (Å²) in [6.07, 6.45) is 4.51. The zero-order valence-electron chi connectivity index (χ0n) is 19.8. The largest absolute Gasteiger partial charge is 0.490 e. The van der Waals surface area contributed by atoms with E-state index in [1.54, 1.807) is 0 Å². The fourth-order valence-electron chi connectivity index (χ4n) is 4.50. The second-order valence-electron chi connectivity index (χ2n) is 9.11. The minimum Gasteiger partial charge on any atom is -0.490 e. The molecule has 1 saturated carbocycles. The van der Waals surface area contributed by atoms with E-state index in [0.29, 0.717) is 11.5 Å². The van der Waals surface area contributed by atoms with E-state index in [0.717, 1.165) is 53.6 Å². The fourth-order valence-corrected chi connectivity index (χ4v) is 4.50. The number of ether oxygens (including phenoxy) is 1. The Balaban J connectivity index is 1.38. The molecular formula is C29H31N3O2. The molecule has 3 aromatic carbocycles. The highest BCUT2D eigenvalue weighted by molar-refractivity contribution is 6.01. The first-order chi connectivity index (χ1) is 16.7. The molecule has 0 spiro atoms. The number of amides is 1. The average Bonchev–Trinajstić information content (AvgIpc) is 3.64. The highest BCUT2D eigenvalue weighted by atomic mass is 16.5. The monoisotopic (exact) mass is 453 g/mol. The number of H-pyrrole nitrogens is 1. The minimum atomic E-state index is -0.0521. The molecule has 0 bridgehead atoms. The number of carbonyl (C=O) groups excluding carboxylic acids is 1. The standard InChI is InChI=1S/C29H31N3O2/c1-3-23(4-2)34-24-15-12-21(13-16-24)28-25-18-22(14-17-26(25)31-32-28)29(33)30-27(20-10-11-20)19-8-6-5-7-9-19/h5-9,12-18,20,23,27H,3-4,10-11H2,1-2H3,(H,30,33)(H,31,32). The topological polar surface area (TPSA) is 67.0 Å². The van der Waals surface area contributed by atoms with Gasteiger partial charge in [-0.1, -0.05) is 44.2 Å². The Hall–Kier alpha value is -3.60. The maximum absolute atomic E-state index is 13.2. The van der Waals surface area contributed by atoms with Crippen molar-refractivity contribution < 1.29 is 9.53 Å². The van der Waals surface area contributed by atoms with Crippen molar-refractivity contribution in [3.05, 3.63) is 83.9 Å². The van der Waals surface area contributed by atoms with E-state index in [2.05, 4.69) is 41.5 Å². The summed E-state index contributed by atoms with van der Waals surface area (Å²) >= 11 is 0. The number of hydrogen-bond donors (Lipinski definition) is 2. The Kier molecular flexibility index (Phi) is 6.35. The van der Waals surface area contributed by atoms with Crippen LogP contribution >= 0.6 is 0 Å². The molecule has 1 aliphatic rings. The van der Waals surface area contributed by atoms with E-state index >= 15 is 0 Å². The summed E-state index contributed by atoms with van der Waals surface area (Å²) in [5.74, 6) is 1.33. The zero-order chi connectivity index (χ0) is 23.5. The van der Waals surface area contributed by atoms with Crippen LogP contribution < -0.4 is 10.1 Å². The third kappa shape index (κ3) is 4.69. The van der Waals surface area contributed by atoms with Crippen LogP contribution in [0.1, 0.15) is 61.5 Å². The van der Waals surface area contributed by atoms with Crippen LogP contribution in [0.15, 0.2) is 72.8 Å². The molecule has 1 aromatic heterocycles. The number of nitrogens with one attached hydrogen (secondary N) is 2. The van der Waals surface area contributed by atoms with E-state index in [9.17, 15) is 4.79 Å². The van der Waals surface area contributed by atoms with Gasteiger partial charge in [-0.3, -0.25) is 9.89 Å². The third-order valence-corrected chi connectivity index (χ3v) is 6.70. The second-order valence-corrected chi connectivity index (χ2v) is 9.11. The lowest BCUT2D eigenvalue weighted by Gasteiger charge is -2.19. The molecule has 1 heterocycles. The molecular weight excluding hydrogens is 422 g/mol. The van der Waals surface area contributed by atoms with Crippen LogP contribution in [0.2, 0.25) is 0 Å². The molecule has 1 amide bonds. The van der Waals surface area contributed by atoms with Gasteiger partial charge in [-0.25, -0.2) is 0 Å². The van der Waals surface area contributed by atoms with Crippen LogP contribution in [0, 0.1) is 5.92 Å². The minimum absolute atomic E-state index is 0.0517. The molecule has 0 radical (unpaired) electrons. The molecule has 1 unspecified atom stereocenters. The van der Waals surface area contributed by atoms with E-state index in [1.165, 1.54) is 5.56 Å². The summed E-state index contributed by atoms with van der Waals surface area (Å²) in [4.78, 5) is 13.2. The summed E-state index contributed by atoms with van der Waals surface area (Å²) in [5, 5.41) is 11.9. The molecule has 34 heavy (non-hydrogen) atoms.